The first-order chi connectivity index (χ1) is 12.9. The van der Waals surface area contributed by atoms with Gasteiger partial charge in [0.1, 0.15) is 0 Å². The van der Waals surface area contributed by atoms with Gasteiger partial charge in [0.25, 0.3) is 10.1 Å². The molecule has 0 atom stereocenters. The monoisotopic (exact) mass is 443 g/mol. The van der Waals surface area contributed by atoms with Crippen molar-refractivity contribution in [3.63, 3.8) is 0 Å². The van der Waals surface area contributed by atoms with E-state index in [2.05, 4.69) is 0 Å². The van der Waals surface area contributed by atoms with Crippen LogP contribution in [-0.2, 0) is 24.9 Å². The van der Waals surface area contributed by atoms with Gasteiger partial charge in [0.15, 0.2) is 0 Å². The van der Waals surface area contributed by atoms with Crippen LogP contribution in [0.2, 0.25) is 0 Å². The van der Waals surface area contributed by atoms with E-state index in [1.54, 1.807) is 13.8 Å². The maximum absolute atomic E-state index is 11.6. The summed E-state index contributed by atoms with van der Waals surface area (Å²) < 4.78 is 60.3. The lowest BCUT2D eigenvalue weighted by Crippen LogP contribution is -2.37. The van der Waals surface area contributed by atoms with Gasteiger partial charge in [0, 0.05) is 13.2 Å². The quantitative estimate of drug-likeness (QED) is 0.260. The third-order valence-electron chi connectivity index (χ3n) is 6.26. The fourth-order valence-corrected chi connectivity index (χ4v) is 6.40. The molecular formula is C19H41NO6S2. The van der Waals surface area contributed by atoms with Gasteiger partial charge in [-0.15, -0.1) is 0 Å². The third kappa shape index (κ3) is 9.52. The normalized spacial score (nSPS) is 13.8. The fraction of sp³-hybridized carbons (Fsp3) is 1.00. The van der Waals surface area contributed by atoms with Crippen molar-refractivity contribution in [1.82, 2.24) is 0 Å². The second-order valence-electron chi connectivity index (χ2n) is 7.91. The first-order valence-electron chi connectivity index (χ1n) is 10.5. The molecule has 0 fully saturated rings. The van der Waals surface area contributed by atoms with Gasteiger partial charge >= 0.3 is 0 Å². The summed E-state index contributed by atoms with van der Waals surface area (Å²) in [6, 6.07) is 0. The van der Waals surface area contributed by atoms with Gasteiger partial charge in [-0.2, -0.15) is 8.42 Å². The van der Waals surface area contributed by atoms with Crippen molar-refractivity contribution < 1.29 is 26.1 Å². The molecule has 0 aromatic carbocycles. The van der Waals surface area contributed by atoms with Gasteiger partial charge in [-0.3, -0.25) is 4.55 Å². The fourth-order valence-electron chi connectivity index (χ4n) is 3.86. The zero-order chi connectivity index (χ0) is 21.9. The van der Waals surface area contributed by atoms with Crippen molar-refractivity contribution in [2.24, 2.45) is 10.6 Å². The minimum Gasteiger partial charge on any atom is -0.381 e. The molecule has 0 spiro atoms. The predicted molar refractivity (Wildman–Crippen MR) is 114 cm³/mol. The molecule has 0 radical (unpaired) electrons. The summed E-state index contributed by atoms with van der Waals surface area (Å²) in [7, 11) is -7.54. The molecule has 170 valence electrons. The van der Waals surface area contributed by atoms with E-state index in [1.165, 1.54) is 0 Å². The molecule has 0 aliphatic carbocycles. The summed E-state index contributed by atoms with van der Waals surface area (Å²) in [5.41, 5.74) is -0.257. The van der Waals surface area contributed by atoms with Crippen LogP contribution in [-0.4, -0.2) is 45.1 Å². The maximum atomic E-state index is 11.6. The molecule has 0 aromatic rings. The van der Waals surface area contributed by atoms with Crippen molar-refractivity contribution in [2.45, 2.75) is 96.7 Å². The average molecular weight is 444 g/mol. The van der Waals surface area contributed by atoms with E-state index in [0.717, 1.165) is 38.5 Å². The Hall–Kier alpha value is -0.220. The number of ether oxygens (including phenoxy) is 1. The maximum Gasteiger partial charge on any atom is 0.270 e. The molecule has 0 aliphatic heterocycles. The molecule has 0 aliphatic rings. The Morgan fingerprint density at radius 3 is 1.61 bits per heavy atom. The Bertz CT molecular complexity index is 623. The van der Waals surface area contributed by atoms with Crippen molar-refractivity contribution in [2.75, 3.05) is 19.0 Å². The summed E-state index contributed by atoms with van der Waals surface area (Å²) >= 11 is 0. The highest BCUT2D eigenvalue weighted by atomic mass is 32.2. The number of hydrogen-bond donors (Lipinski definition) is 2. The Kier molecular flexibility index (Phi) is 12.4. The van der Waals surface area contributed by atoms with Crippen LogP contribution in [0.25, 0.3) is 0 Å². The first kappa shape index (κ1) is 27.8. The molecule has 28 heavy (non-hydrogen) atoms. The zero-order valence-corrected chi connectivity index (χ0v) is 19.7. The van der Waals surface area contributed by atoms with Gasteiger partial charge in [-0.05, 0) is 63.2 Å². The van der Waals surface area contributed by atoms with Crippen LogP contribution in [0.4, 0.5) is 0 Å². The van der Waals surface area contributed by atoms with Crippen molar-refractivity contribution in [3.8, 4) is 0 Å². The number of primary sulfonamides is 1. The zero-order valence-electron chi connectivity index (χ0n) is 18.1. The van der Waals surface area contributed by atoms with Crippen LogP contribution in [0.1, 0.15) is 91.9 Å². The SMILES string of the molecule is CCC(CC)(CCCCOCCCCC(CC)(CC)S(=O)(=O)O)CS(N)(=O)=O. The molecule has 0 heterocycles. The van der Waals surface area contributed by atoms with Gasteiger partial charge in [-0.1, -0.05) is 34.1 Å². The van der Waals surface area contributed by atoms with Crippen molar-refractivity contribution >= 4 is 20.1 Å². The van der Waals surface area contributed by atoms with Crippen LogP contribution in [0.5, 0.6) is 0 Å². The molecule has 0 amide bonds. The van der Waals surface area contributed by atoms with E-state index in [0.29, 0.717) is 38.9 Å². The molecule has 0 saturated carbocycles. The van der Waals surface area contributed by atoms with E-state index in [-0.39, 0.29) is 11.2 Å². The minimum atomic E-state index is -4.06. The molecule has 0 saturated heterocycles. The second-order valence-corrected chi connectivity index (χ2v) is 11.3. The van der Waals surface area contributed by atoms with E-state index in [4.69, 9.17) is 9.88 Å². The number of unbranched alkanes of at least 4 members (excludes halogenated alkanes) is 2. The van der Waals surface area contributed by atoms with Crippen molar-refractivity contribution in [1.29, 1.82) is 0 Å². The van der Waals surface area contributed by atoms with E-state index in [9.17, 15) is 21.4 Å². The standard InChI is InChI=1S/C19H41NO6S2/c1-5-18(6-2,17-27(20,21)22)13-9-11-15-26-16-12-10-14-19(7-3,8-4)28(23,24)25/h5-17H2,1-4H3,(H2,20,21,22)(H,23,24,25). The van der Waals surface area contributed by atoms with Gasteiger partial charge in [-0.25, -0.2) is 13.6 Å². The van der Waals surface area contributed by atoms with E-state index >= 15 is 0 Å². The number of sulfonamides is 1. The largest absolute Gasteiger partial charge is 0.381 e. The number of rotatable bonds is 17. The number of hydrogen-bond acceptors (Lipinski definition) is 5. The molecule has 3 N–H and O–H groups in total. The lowest BCUT2D eigenvalue weighted by atomic mass is 9.80. The highest BCUT2D eigenvalue weighted by Crippen LogP contribution is 2.34. The molecular weight excluding hydrogens is 402 g/mol. The summed E-state index contributed by atoms with van der Waals surface area (Å²) in [4.78, 5) is 0. The average Bonchev–Trinajstić information content (AvgIpc) is 2.60. The topological polar surface area (TPSA) is 124 Å². The first-order valence-corrected chi connectivity index (χ1v) is 13.6. The second kappa shape index (κ2) is 12.5. The highest BCUT2D eigenvalue weighted by molar-refractivity contribution is 7.89. The molecule has 0 unspecified atom stereocenters. The summed E-state index contributed by atoms with van der Waals surface area (Å²) in [6.07, 6.45) is 6.78. The predicted octanol–water partition coefficient (Wildman–Crippen LogP) is 3.89. The minimum absolute atomic E-state index is 0.0260. The van der Waals surface area contributed by atoms with Gasteiger partial charge in [0.2, 0.25) is 10.0 Å². The van der Waals surface area contributed by atoms with Crippen LogP contribution >= 0.6 is 0 Å². The smallest absolute Gasteiger partial charge is 0.270 e. The van der Waals surface area contributed by atoms with Crippen LogP contribution in [0, 0.1) is 5.41 Å². The Labute approximate surface area is 172 Å². The lowest BCUT2D eigenvalue weighted by molar-refractivity contribution is 0.121. The van der Waals surface area contributed by atoms with E-state index in [1.807, 2.05) is 13.8 Å². The molecule has 0 aromatic heterocycles. The Morgan fingerprint density at radius 2 is 1.25 bits per heavy atom. The van der Waals surface area contributed by atoms with Crippen LogP contribution < -0.4 is 5.14 Å². The van der Waals surface area contributed by atoms with Crippen LogP contribution in [0.3, 0.4) is 0 Å². The lowest BCUT2D eigenvalue weighted by Gasteiger charge is -2.30. The summed E-state index contributed by atoms with van der Waals surface area (Å²) in [6.45, 7) is 8.74. The summed E-state index contributed by atoms with van der Waals surface area (Å²) in [5.74, 6) is 0.0260. The number of nitrogens with two attached hydrogens (primary N) is 1. The summed E-state index contributed by atoms with van der Waals surface area (Å²) in [5, 5.41) is 5.24. The Morgan fingerprint density at radius 1 is 0.786 bits per heavy atom. The van der Waals surface area contributed by atoms with Crippen LogP contribution in [0.15, 0.2) is 0 Å². The van der Waals surface area contributed by atoms with E-state index < -0.39 is 24.9 Å². The van der Waals surface area contributed by atoms with Gasteiger partial charge < -0.3 is 4.74 Å². The Balaban J connectivity index is 4.13. The van der Waals surface area contributed by atoms with Gasteiger partial charge in [0.05, 0.1) is 10.5 Å². The third-order valence-corrected chi connectivity index (χ3v) is 9.15. The molecule has 0 bridgehead atoms. The van der Waals surface area contributed by atoms with Crippen molar-refractivity contribution in [3.05, 3.63) is 0 Å². The highest BCUT2D eigenvalue weighted by Gasteiger charge is 2.38. The molecule has 7 nitrogen and oxygen atoms in total. The molecule has 0 rings (SSSR count). The molecule has 9 heteroatoms.